The van der Waals surface area contributed by atoms with Gasteiger partial charge in [0, 0.05) is 29.8 Å². The molecule has 4 nitrogen and oxygen atoms in total. The molecule has 0 aliphatic rings. The van der Waals surface area contributed by atoms with E-state index in [4.69, 9.17) is 5.73 Å². The summed E-state index contributed by atoms with van der Waals surface area (Å²) in [6.07, 6.45) is 3.76. The van der Waals surface area contributed by atoms with Crippen LogP contribution in [0, 0.1) is 6.92 Å². The molecule has 2 rings (SSSR count). The summed E-state index contributed by atoms with van der Waals surface area (Å²) in [5.74, 6) is 0. The van der Waals surface area contributed by atoms with Crippen molar-refractivity contribution in [1.82, 2.24) is 9.78 Å². The zero-order valence-electron chi connectivity index (χ0n) is 10.2. The first-order valence-corrected chi connectivity index (χ1v) is 5.75. The SMILES string of the molecule is Cc1cc(NC(C)Cn2cccn2)ccc1N. The maximum Gasteiger partial charge on any atom is 0.0608 e. The predicted octanol–water partition coefficient (Wildman–Crippen LogP) is 2.27. The Labute approximate surface area is 101 Å². The number of nitrogen functional groups attached to an aromatic ring is 1. The van der Waals surface area contributed by atoms with Gasteiger partial charge in [-0.1, -0.05) is 0 Å². The van der Waals surface area contributed by atoms with E-state index >= 15 is 0 Å². The van der Waals surface area contributed by atoms with Gasteiger partial charge < -0.3 is 11.1 Å². The number of anilines is 2. The van der Waals surface area contributed by atoms with Crippen LogP contribution in [0.4, 0.5) is 11.4 Å². The van der Waals surface area contributed by atoms with Gasteiger partial charge in [0.25, 0.3) is 0 Å². The molecule has 2 aromatic rings. The highest BCUT2D eigenvalue weighted by molar-refractivity contribution is 5.56. The first-order valence-electron chi connectivity index (χ1n) is 5.75. The molecule has 0 saturated carbocycles. The van der Waals surface area contributed by atoms with Crippen molar-refractivity contribution in [3.05, 3.63) is 42.2 Å². The summed E-state index contributed by atoms with van der Waals surface area (Å²) in [5.41, 5.74) is 8.81. The van der Waals surface area contributed by atoms with E-state index < -0.39 is 0 Å². The lowest BCUT2D eigenvalue weighted by Crippen LogP contribution is -2.22. The molecular formula is C13H18N4. The van der Waals surface area contributed by atoms with Gasteiger partial charge in [-0.3, -0.25) is 4.68 Å². The predicted molar refractivity (Wildman–Crippen MR) is 70.9 cm³/mol. The van der Waals surface area contributed by atoms with Crippen molar-refractivity contribution in [3.63, 3.8) is 0 Å². The molecule has 90 valence electrons. The fourth-order valence-electron chi connectivity index (χ4n) is 1.78. The Kier molecular flexibility index (Phi) is 3.32. The van der Waals surface area contributed by atoms with E-state index in [1.54, 1.807) is 6.20 Å². The minimum Gasteiger partial charge on any atom is -0.399 e. The lowest BCUT2D eigenvalue weighted by molar-refractivity contribution is 0.561. The van der Waals surface area contributed by atoms with Gasteiger partial charge in [-0.25, -0.2) is 0 Å². The minimum absolute atomic E-state index is 0.318. The van der Waals surface area contributed by atoms with Gasteiger partial charge in [-0.15, -0.1) is 0 Å². The summed E-state index contributed by atoms with van der Waals surface area (Å²) in [6.45, 7) is 4.99. The summed E-state index contributed by atoms with van der Waals surface area (Å²) in [7, 11) is 0. The molecule has 1 aromatic carbocycles. The number of aryl methyl sites for hydroxylation is 1. The Morgan fingerprint density at radius 2 is 2.29 bits per heavy atom. The van der Waals surface area contributed by atoms with E-state index in [0.717, 1.165) is 23.5 Å². The molecule has 0 fully saturated rings. The van der Waals surface area contributed by atoms with Crippen molar-refractivity contribution < 1.29 is 0 Å². The number of hydrogen-bond acceptors (Lipinski definition) is 3. The first kappa shape index (κ1) is 11.5. The molecule has 0 aliphatic carbocycles. The van der Waals surface area contributed by atoms with Crippen LogP contribution >= 0.6 is 0 Å². The number of hydrogen-bond donors (Lipinski definition) is 2. The average Bonchev–Trinajstić information content (AvgIpc) is 2.76. The average molecular weight is 230 g/mol. The number of nitrogens with two attached hydrogens (primary N) is 1. The Morgan fingerprint density at radius 1 is 1.47 bits per heavy atom. The molecule has 4 heteroatoms. The van der Waals surface area contributed by atoms with Crippen LogP contribution in [0.25, 0.3) is 0 Å². The van der Waals surface area contributed by atoms with Crippen LogP contribution in [0.15, 0.2) is 36.7 Å². The number of nitrogens with zero attached hydrogens (tertiary/aromatic N) is 2. The molecular weight excluding hydrogens is 212 g/mol. The molecule has 0 amide bonds. The molecule has 0 aliphatic heterocycles. The summed E-state index contributed by atoms with van der Waals surface area (Å²) < 4.78 is 1.92. The number of benzene rings is 1. The topological polar surface area (TPSA) is 55.9 Å². The van der Waals surface area contributed by atoms with Crippen molar-refractivity contribution in [2.45, 2.75) is 26.4 Å². The highest BCUT2D eigenvalue weighted by atomic mass is 15.3. The van der Waals surface area contributed by atoms with Gasteiger partial charge in [0.2, 0.25) is 0 Å². The van der Waals surface area contributed by atoms with Crippen LogP contribution in [-0.4, -0.2) is 15.8 Å². The molecule has 1 heterocycles. The Bertz CT molecular complexity index is 476. The maximum atomic E-state index is 5.79. The molecule has 1 unspecified atom stereocenters. The third-order valence-corrected chi connectivity index (χ3v) is 2.70. The highest BCUT2D eigenvalue weighted by Crippen LogP contribution is 2.17. The quantitative estimate of drug-likeness (QED) is 0.792. The van der Waals surface area contributed by atoms with Crippen LogP contribution < -0.4 is 11.1 Å². The first-order chi connectivity index (χ1) is 8.15. The smallest absolute Gasteiger partial charge is 0.0608 e. The molecule has 0 radical (unpaired) electrons. The Balaban J connectivity index is 1.98. The van der Waals surface area contributed by atoms with Crippen LogP contribution in [0.5, 0.6) is 0 Å². The van der Waals surface area contributed by atoms with Crippen molar-refractivity contribution in [1.29, 1.82) is 0 Å². The van der Waals surface area contributed by atoms with Crippen LogP contribution in [0.2, 0.25) is 0 Å². The van der Waals surface area contributed by atoms with Gasteiger partial charge in [0.15, 0.2) is 0 Å². The zero-order chi connectivity index (χ0) is 12.3. The fourth-order valence-corrected chi connectivity index (χ4v) is 1.78. The summed E-state index contributed by atoms with van der Waals surface area (Å²) >= 11 is 0. The molecule has 0 spiro atoms. The fraction of sp³-hybridized carbons (Fsp3) is 0.308. The maximum absolute atomic E-state index is 5.79. The second kappa shape index (κ2) is 4.91. The lowest BCUT2D eigenvalue weighted by Gasteiger charge is -2.16. The Hall–Kier alpha value is -1.97. The monoisotopic (exact) mass is 230 g/mol. The second-order valence-electron chi connectivity index (χ2n) is 4.34. The minimum atomic E-state index is 0.318. The van der Waals surface area contributed by atoms with Gasteiger partial charge in [-0.05, 0) is 43.7 Å². The number of aromatic nitrogens is 2. The van der Waals surface area contributed by atoms with Crippen molar-refractivity contribution in [3.8, 4) is 0 Å². The van der Waals surface area contributed by atoms with E-state index in [0.29, 0.717) is 6.04 Å². The van der Waals surface area contributed by atoms with Gasteiger partial charge in [0.1, 0.15) is 0 Å². The molecule has 0 bridgehead atoms. The van der Waals surface area contributed by atoms with E-state index in [2.05, 4.69) is 23.4 Å². The largest absolute Gasteiger partial charge is 0.399 e. The van der Waals surface area contributed by atoms with Crippen LogP contribution in [0.3, 0.4) is 0 Å². The van der Waals surface area contributed by atoms with Gasteiger partial charge in [0.05, 0.1) is 6.54 Å². The second-order valence-corrected chi connectivity index (χ2v) is 4.34. The Morgan fingerprint density at radius 3 is 2.94 bits per heavy atom. The standard InChI is InChI=1S/C13H18N4/c1-10-8-12(4-5-13(10)14)16-11(2)9-17-7-3-6-15-17/h3-8,11,16H,9,14H2,1-2H3. The molecule has 3 N–H and O–H groups in total. The number of nitrogens with one attached hydrogen (secondary N) is 1. The normalized spacial score (nSPS) is 12.4. The van der Waals surface area contributed by atoms with Crippen LogP contribution in [-0.2, 0) is 6.54 Å². The molecule has 1 aromatic heterocycles. The summed E-state index contributed by atoms with van der Waals surface area (Å²) in [4.78, 5) is 0. The van der Waals surface area contributed by atoms with E-state index in [-0.39, 0.29) is 0 Å². The van der Waals surface area contributed by atoms with Gasteiger partial charge >= 0.3 is 0 Å². The van der Waals surface area contributed by atoms with Crippen LogP contribution in [0.1, 0.15) is 12.5 Å². The highest BCUT2D eigenvalue weighted by Gasteiger charge is 2.04. The van der Waals surface area contributed by atoms with Crippen molar-refractivity contribution in [2.24, 2.45) is 0 Å². The van der Waals surface area contributed by atoms with E-state index in [1.165, 1.54) is 0 Å². The van der Waals surface area contributed by atoms with Gasteiger partial charge in [-0.2, -0.15) is 5.10 Å². The lowest BCUT2D eigenvalue weighted by atomic mass is 10.1. The third-order valence-electron chi connectivity index (χ3n) is 2.70. The molecule has 0 saturated heterocycles. The van der Waals surface area contributed by atoms with Crippen molar-refractivity contribution in [2.75, 3.05) is 11.1 Å². The zero-order valence-corrected chi connectivity index (χ0v) is 10.2. The summed E-state index contributed by atoms with van der Waals surface area (Å²) in [6, 6.07) is 8.24. The van der Waals surface area contributed by atoms with E-state index in [1.807, 2.05) is 36.0 Å². The van der Waals surface area contributed by atoms with E-state index in [9.17, 15) is 0 Å². The number of rotatable bonds is 4. The molecule has 17 heavy (non-hydrogen) atoms. The summed E-state index contributed by atoms with van der Waals surface area (Å²) in [5, 5.41) is 7.62. The van der Waals surface area contributed by atoms with Crippen molar-refractivity contribution >= 4 is 11.4 Å². The molecule has 1 atom stereocenters. The third kappa shape index (κ3) is 3.00.